The molecule has 1 aromatic carbocycles. The first kappa shape index (κ1) is 16.8. The van der Waals surface area contributed by atoms with Gasteiger partial charge in [0, 0.05) is 18.1 Å². The SMILES string of the molecule is CCn1ncnc1C(NC(=O)Nc1ccc(Cl)c2ncccc12)C1CC1. The minimum Gasteiger partial charge on any atom is -0.328 e. The smallest absolute Gasteiger partial charge is 0.319 e. The molecular formula is C18H19ClN6O. The molecule has 134 valence electrons. The summed E-state index contributed by atoms with van der Waals surface area (Å²) in [6.45, 7) is 2.73. The number of aryl methyl sites for hydroxylation is 1. The Morgan fingerprint density at radius 3 is 2.96 bits per heavy atom. The molecule has 1 saturated carbocycles. The Labute approximate surface area is 155 Å². The molecular weight excluding hydrogens is 352 g/mol. The largest absolute Gasteiger partial charge is 0.328 e. The lowest BCUT2D eigenvalue weighted by atomic mass is 10.1. The van der Waals surface area contributed by atoms with Gasteiger partial charge in [0.15, 0.2) is 0 Å². The van der Waals surface area contributed by atoms with Gasteiger partial charge in [-0.2, -0.15) is 5.10 Å². The Kier molecular flexibility index (Phi) is 4.46. The second-order valence-corrected chi connectivity index (χ2v) is 6.75. The molecule has 4 rings (SSSR count). The summed E-state index contributed by atoms with van der Waals surface area (Å²) >= 11 is 6.19. The second kappa shape index (κ2) is 6.92. The van der Waals surface area contributed by atoms with Crippen molar-refractivity contribution in [3.8, 4) is 0 Å². The van der Waals surface area contributed by atoms with E-state index in [1.807, 2.05) is 23.7 Å². The van der Waals surface area contributed by atoms with Crippen LogP contribution in [0.15, 0.2) is 36.8 Å². The van der Waals surface area contributed by atoms with Gasteiger partial charge in [-0.15, -0.1) is 0 Å². The van der Waals surface area contributed by atoms with Crippen molar-refractivity contribution in [1.82, 2.24) is 25.1 Å². The number of nitrogens with zero attached hydrogens (tertiary/aromatic N) is 4. The quantitative estimate of drug-likeness (QED) is 0.715. The highest BCUT2D eigenvalue weighted by molar-refractivity contribution is 6.35. The van der Waals surface area contributed by atoms with E-state index in [1.165, 1.54) is 6.33 Å². The van der Waals surface area contributed by atoms with Crippen LogP contribution in [0.25, 0.3) is 10.9 Å². The molecule has 8 heteroatoms. The molecule has 0 radical (unpaired) electrons. The summed E-state index contributed by atoms with van der Waals surface area (Å²) in [4.78, 5) is 21.3. The standard InChI is InChI=1S/C18H19ClN6O/c1-2-25-17(21-10-22-25)15(11-5-6-11)24-18(26)23-14-8-7-13(19)16-12(14)4-3-9-20-16/h3-4,7-11,15H,2,5-6H2,1H3,(H2,23,24,26). The zero-order valence-electron chi connectivity index (χ0n) is 14.3. The fraction of sp³-hybridized carbons (Fsp3) is 0.333. The van der Waals surface area contributed by atoms with E-state index in [4.69, 9.17) is 11.6 Å². The lowest BCUT2D eigenvalue weighted by Gasteiger charge is -2.19. The monoisotopic (exact) mass is 370 g/mol. The molecule has 3 aromatic rings. The highest BCUT2D eigenvalue weighted by Gasteiger charge is 2.36. The number of fused-ring (bicyclic) bond motifs is 1. The first-order valence-corrected chi connectivity index (χ1v) is 9.03. The lowest BCUT2D eigenvalue weighted by Crippen LogP contribution is -2.35. The fourth-order valence-electron chi connectivity index (χ4n) is 3.13. The minimum absolute atomic E-state index is 0.144. The molecule has 2 amide bonds. The van der Waals surface area contributed by atoms with Gasteiger partial charge in [-0.25, -0.2) is 14.5 Å². The number of rotatable bonds is 5. The molecule has 26 heavy (non-hydrogen) atoms. The van der Waals surface area contributed by atoms with Crippen molar-refractivity contribution in [2.24, 2.45) is 5.92 Å². The molecule has 0 bridgehead atoms. The van der Waals surface area contributed by atoms with Crippen LogP contribution in [0, 0.1) is 5.92 Å². The van der Waals surface area contributed by atoms with E-state index in [0.717, 1.165) is 30.6 Å². The van der Waals surface area contributed by atoms with Crippen LogP contribution in [0.1, 0.15) is 31.6 Å². The molecule has 0 saturated heterocycles. The van der Waals surface area contributed by atoms with Crippen LogP contribution in [0.2, 0.25) is 5.02 Å². The third-order valence-electron chi connectivity index (χ3n) is 4.57. The van der Waals surface area contributed by atoms with Gasteiger partial charge in [0.1, 0.15) is 12.2 Å². The van der Waals surface area contributed by atoms with Crippen molar-refractivity contribution in [2.75, 3.05) is 5.32 Å². The zero-order valence-corrected chi connectivity index (χ0v) is 15.1. The van der Waals surface area contributed by atoms with Crippen LogP contribution in [0.4, 0.5) is 10.5 Å². The van der Waals surface area contributed by atoms with E-state index in [-0.39, 0.29) is 12.1 Å². The van der Waals surface area contributed by atoms with Crippen molar-refractivity contribution in [3.63, 3.8) is 0 Å². The predicted octanol–water partition coefficient (Wildman–Crippen LogP) is 3.77. The molecule has 0 spiro atoms. The average molecular weight is 371 g/mol. The van der Waals surface area contributed by atoms with Crippen molar-refractivity contribution >= 4 is 34.2 Å². The maximum absolute atomic E-state index is 12.6. The number of halogens is 1. The van der Waals surface area contributed by atoms with Crippen molar-refractivity contribution in [1.29, 1.82) is 0 Å². The number of benzene rings is 1. The highest BCUT2D eigenvalue weighted by Crippen LogP contribution is 2.40. The summed E-state index contributed by atoms with van der Waals surface area (Å²) in [6.07, 6.45) is 5.37. The van der Waals surface area contributed by atoms with Gasteiger partial charge < -0.3 is 10.6 Å². The summed E-state index contributed by atoms with van der Waals surface area (Å²) < 4.78 is 1.82. The lowest BCUT2D eigenvalue weighted by molar-refractivity contribution is 0.246. The molecule has 2 N–H and O–H groups in total. The van der Waals surface area contributed by atoms with Crippen LogP contribution in [0.5, 0.6) is 0 Å². The summed E-state index contributed by atoms with van der Waals surface area (Å²) in [7, 11) is 0. The van der Waals surface area contributed by atoms with Crippen LogP contribution in [-0.4, -0.2) is 25.8 Å². The Hall–Kier alpha value is -2.67. The van der Waals surface area contributed by atoms with Crippen LogP contribution in [0.3, 0.4) is 0 Å². The third kappa shape index (κ3) is 3.22. The van der Waals surface area contributed by atoms with E-state index in [2.05, 4.69) is 25.7 Å². The molecule has 1 unspecified atom stereocenters. The number of carbonyl (C=O) groups is 1. The number of hydrogen-bond acceptors (Lipinski definition) is 4. The van der Waals surface area contributed by atoms with Gasteiger partial charge in [-0.1, -0.05) is 11.6 Å². The van der Waals surface area contributed by atoms with Gasteiger partial charge in [0.2, 0.25) is 0 Å². The number of anilines is 1. The number of nitrogens with one attached hydrogen (secondary N) is 2. The number of amides is 2. The molecule has 1 aliphatic carbocycles. The molecule has 1 aliphatic rings. The normalized spacial score (nSPS) is 15.0. The Bertz CT molecular complexity index is 952. The van der Waals surface area contributed by atoms with Crippen LogP contribution >= 0.6 is 11.6 Å². The summed E-state index contributed by atoms with van der Waals surface area (Å²) in [5, 5.41) is 11.5. The minimum atomic E-state index is -0.278. The molecule has 1 atom stereocenters. The number of aromatic nitrogens is 4. The predicted molar refractivity (Wildman–Crippen MR) is 100 cm³/mol. The Balaban J connectivity index is 1.56. The number of hydrogen-bond donors (Lipinski definition) is 2. The van der Waals surface area contributed by atoms with Crippen molar-refractivity contribution < 1.29 is 4.79 Å². The average Bonchev–Trinajstić information content (AvgIpc) is 3.39. The highest BCUT2D eigenvalue weighted by atomic mass is 35.5. The molecule has 1 fully saturated rings. The van der Waals surface area contributed by atoms with E-state index in [9.17, 15) is 4.79 Å². The fourth-order valence-corrected chi connectivity index (χ4v) is 3.34. The topological polar surface area (TPSA) is 84.7 Å². The van der Waals surface area contributed by atoms with E-state index >= 15 is 0 Å². The van der Waals surface area contributed by atoms with Gasteiger partial charge >= 0.3 is 6.03 Å². The number of pyridine rings is 1. The number of carbonyl (C=O) groups excluding carboxylic acids is 1. The molecule has 2 aromatic heterocycles. The van der Waals surface area contributed by atoms with Gasteiger partial charge in [0.25, 0.3) is 0 Å². The van der Waals surface area contributed by atoms with Crippen molar-refractivity contribution in [3.05, 3.63) is 47.6 Å². The van der Waals surface area contributed by atoms with Gasteiger partial charge in [-0.05, 0) is 49.9 Å². The maximum Gasteiger partial charge on any atom is 0.319 e. The second-order valence-electron chi connectivity index (χ2n) is 6.34. The first-order valence-electron chi connectivity index (χ1n) is 8.66. The third-order valence-corrected chi connectivity index (χ3v) is 4.88. The van der Waals surface area contributed by atoms with E-state index in [1.54, 1.807) is 18.3 Å². The summed E-state index contributed by atoms with van der Waals surface area (Å²) in [5.41, 5.74) is 1.33. The van der Waals surface area contributed by atoms with E-state index < -0.39 is 0 Å². The molecule has 2 heterocycles. The Morgan fingerprint density at radius 1 is 1.35 bits per heavy atom. The zero-order chi connectivity index (χ0) is 18.1. The van der Waals surface area contributed by atoms with E-state index in [0.29, 0.717) is 22.1 Å². The Morgan fingerprint density at radius 2 is 2.19 bits per heavy atom. The van der Waals surface area contributed by atoms with Gasteiger partial charge in [0.05, 0.1) is 22.3 Å². The summed E-state index contributed by atoms with van der Waals surface area (Å²) in [6, 6.07) is 6.80. The summed E-state index contributed by atoms with van der Waals surface area (Å²) in [5.74, 6) is 1.20. The van der Waals surface area contributed by atoms with Crippen molar-refractivity contribution in [2.45, 2.75) is 32.4 Å². The number of urea groups is 1. The molecule has 0 aliphatic heterocycles. The van der Waals surface area contributed by atoms with Crippen LogP contribution in [-0.2, 0) is 6.54 Å². The molecule has 7 nitrogen and oxygen atoms in total. The maximum atomic E-state index is 12.6. The van der Waals surface area contributed by atoms with Gasteiger partial charge in [-0.3, -0.25) is 4.98 Å². The first-order chi connectivity index (χ1) is 12.7. The van der Waals surface area contributed by atoms with Crippen LogP contribution < -0.4 is 10.6 Å².